The molecule has 0 aliphatic rings. The molecule has 126 valence electrons. The normalized spacial score (nSPS) is 10.9. The lowest BCUT2D eigenvalue weighted by atomic mass is 10.2. The number of thiazole rings is 1. The summed E-state index contributed by atoms with van der Waals surface area (Å²) in [5.74, 6) is 0.249. The van der Waals surface area contributed by atoms with Crippen molar-refractivity contribution in [3.63, 3.8) is 0 Å². The Morgan fingerprint density at radius 3 is 3.08 bits per heavy atom. The Bertz CT molecular complexity index is 962. The number of aromatic nitrogens is 3. The molecule has 0 spiro atoms. The summed E-state index contributed by atoms with van der Waals surface area (Å²) >= 11 is 1.03. The molecule has 0 unspecified atom stereocenters. The van der Waals surface area contributed by atoms with Crippen LogP contribution in [0, 0.1) is 0 Å². The maximum absolute atomic E-state index is 11.9. The molecule has 0 saturated heterocycles. The van der Waals surface area contributed by atoms with Gasteiger partial charge in [-0.2, -0.15) is 10.1 Å². The van der Waals surface area contributed by atoms with E-state index < -0.39 is 0 Å². The molecule has 0 aliphatic carbocycles. The number of pyridine rings is 2. The second-order valence-electron chi connectivity index (χ2n) is 5.14. The molecular formula is C17H16N5O2S+. The third-order valence-corrected chi connectivity index (χ3v) is 4.26. The molecule has 0 fully saturated rings. The van der Waals surface area contributed by atoms with Crippen LogP contribution < -0.4 is 14.9 Å². The zero-order chi connectivity index (χ0) is 17.6. The lowest BCUT2D eigenvalue weighted by molar-refractivity contribution is -0.599. The number of hydrogen-bond donors (Lipinski definition) is 2. The molecule has 0 atom stereocenters. The fourth-order valence-corrected chi connectivity index (χ4v) is 2.90. The van der Waals surface area contributed by atoms with E-state index >= 15 is 0 Å². The van der Waals surface area contributed by atoms with E-state index in [1.807, 2.05) is 29.1 Å². The van der Waals surface area contributed by atoms with Crippen LogP contribution in [0.4, 0.5) is 0 Å². The number of hydrogen-bond acceptors (Lipinski definition) is 5. The van der Waals surface area contributed by atoms with E-state index in [0.717, 1.165) is 23.3 Å². The van der Waals surface area contributed by atoms with Gasteiger partial charge in [-0.15, -0.1) is 0 Å². The molecule has 2 N–H and O–H groups in total. The molecule has 0 bridgehead atoms. The van der Waals surface area contributed by atoms with Crippen LogP contribution in [0.2, 0.25) is 0 Å². The van der Waals surface area contributed by atoms with E-state index in [1.165, 1.54) is 12.4 Å². The molecule has 0 radical (unpaired) electrons. The van der Waals surface area contributed by atoms with Gasteiger partial charge in [0.2, 0.25) is 0 Å². The van der Waals surface area contributed by atoms with Crippen molar-refractivity contribution in [2.45, 2.75) is 13.3 Å². The van der Waals surface area contributed by atoms with Crippen LogP contribution in [0.1, 0.15) is 27.7 Å². The number of carbonyl (C=O) groups excluding carboxylic acids is 1. The van der Waals surface area contributed by atoms with Crippen LogP contribution in [0.3, 0.4) is 0 Å². The second kappa shape index (κ2) is 7.63. The van der Waals surface area contributed by atoms with Crippen molar-refractivity contribution in [2.75, 3.05) is 0 Å². The van der Waals surface area contributed by atoms with Crippen molar-refractivity contribution in [3.8, 4) is 5.82 Å². The molecule has 0 aliphatic heterocycles. The summed E-state index contributed by atoms with van der Waals surface area (Å²) in [5.41, 5.74) is 3.98. The minimum atomic E-state index is -0.366. The predicted molar refractivity (Wildman–Crippen MR) is 95.1 cm³/mol. The van der Waals surface area contributed by atoms with Crippen LogP contribution in [0.15, 0.2) is 58.9 Å². The van der Waals surface area contributed by atoms with Gasteiger partial charge in [0.25, 0.3) is 5.91 Å². The Morgan fingerprint density at radius 1 is 1.44 bits per heavy atom. The first-order valence-electron chi connectivity index (χ1n) is 7.64. The molecule has 1 amide bonds. The smallest absolute Gasteiger partial charge is 0.267 e. The van der Waals surface area contributed by atoms with Crippen LogP contribution in [-0.2, 0) is 6.42 Å². The highest BCUT2D eigenvalue weighted by atomic mass is 32.1. The number of aromatic amines is 1. The van der Waals surface area contributed by atoms with Crippen molar-refractivity contribution >= 4 is 23.5 Å². The number of hydrazone groups is 1. The van der Waals surface area contributed by atoms with E-state index in [2.05, 4.69) is 27.4 Å². The van der Waals surface area contributed by atoms with E-state index in [4.69, 9.17) is 0 Å². The first kappa shape index (κ1) is 16.7. The first-order chi connectivity index (χ1) is 12.2. The van der Waals surface area contributed by atoms with Gasteiger partial charge in [-0.1, -0.05) is 13.0 Å². The van der Waals surface area contributed by atoms with Crippen molar-refractivity contribution in [1.82, 2.24) is 15.4 Å². The van der Waals surface area contributed by atoms with E-state index in [0.29, 0.717) is 16.3 Å². The summed E-state index contributed by atoms with van der Waals surface area (Å²) in [5, 5.41) is 3.95. The minimum absolute atomic E-state index is 0.190. The Kier molecular flexibility index (Phi) is 5.10. The van der Waals surface area contributed by atoms with Gasteiger partial charge in [-0.3, -0.25) is 9.78 Å². The number of H-pyrrole nitrogens is 1. The first-order valence-corrected chi connectivity index (χ1v) is 8.46. The number of nitrogens with zero attached hydrogens (tertiary/aromatic N) is 3. The number of rotatable bonds is 5. The van der Waals surface area contributed by atoms with Crippen molar-refractivity contribution in [2.24, 2.45) is 5.10 Å². The van der Waals surface area contributed by atoms with Gasteiger partial charge in [0.05, 0.1) is 24.2 Å². The van der Waals surface area contributed by atoms with Gasteiger partial charge in [0, 0.05) is 12.4 Å². The van der Waals surface area contributed by atoms with Gasteiger partial charge in [0.15, 0.2) is 0 Å². The summed E-state index contributed by atoms with van der Waals surface area (Å²) in [6.07, 6.45) is 9.19. The van der Waals surface area contributed by atoms with Crippen LogP contribution in [0.25, 0.3) is 5.82 Å². The zero-order valence-electron chi connectivity index (χ0n) is 13.5. The Labute approximate surface area is 147 Å². The number of carbonyl (C=O) groups is 1. The van der Waals surface area contributed by atoms with Crippen LogP contribution in [-0.4, -0.2) is 22.1 Å². The summed E-state index contributed by atoms with van der Waals surface area (Å²) in [6.45, 7) is 2.06. The lowest BCUT2D eigenvalue weighted by Crippen LogP contribution is -2.32. The maximum atomic E-state index is 11.9. The molecular weight excluding hydrogens is 338 g/mol. The summed E-state index contributed by atoms with van der Waals surface area (Å²) in [6, 6.07) is 7.25. The average molecular weight is 354 g/mol. The average Bonchev–Trinajstić information content (AvgIpc) is 3.03. The quantitative estimate of drug-likeness (QED) is 0.413. The molecule has 0 saturated carbocycles. The van der Waals surface area contributed by atoms with E-state index in [1.54, 1.807) is 18.3 Å². The molecule has 25 heavy (non-hydrogen) atoms. The molecule has 3 heterocycles. The summed E-state index contributed by atoms with van der Waals surface area (Å²) < 4.78 is 1.83. The van der Waals surface area contributed by atoms with Gasteiger partial charge in [-0.25, -0.2) is 14.8 Å². The fourth-order valence-electron chi connectivity index (χ4n) is 2.19. The summed E-state index contributed by atoms with van der Waals surface area (Å²) in [4.78, 5) is 30.8. The Hall–Kier alpha value is -3.13. The van der Waals surface area contributed by atoms with Crippen LogP contribution in [0.5, 0.6) is 0 Å². The third kappa shape index (κ3) is 4.04. The number of nitrogens with one attached hydrogen (secondary N) is 2. The molecule has 7 nitrogen and oxygen atoms in total. The monoisotopic (exact) mass is 354 g/mol. The van der Waals surface area contributed by atoms with Gasteiger partial charge < -0.3 is 0 Å². The predicted octanol–water partition coefficient (Wildman–Crippen LogP) is 1.43. The summed E-state index contributed by atoms with van der Waals surface area (Å²) in [7, 11) is 0. The molecule has 3 rings (SSSR count). The third-order valence-electron chi connectivity index (χ3n) is 3.46. The standard InChI is InChI=1S/C17H15N5O2S/c1-2-12-5-4-8-22(11-12)15-14(25-17(24)20-15)10-19-21-16(23)13-6-3-7-18-9-13/h3-11H,2H2,1H3,(H-,19,20,21,23,24)/p+1. The highest BCUT2D eigenvalue weighted by Gasteiger charge is 2.16. The van der Waals surface area contributed by atoms with Crippen molar-refractivity contribution < 1.29 is 9.36 Å². The number of amides is 1. The molecule has 3 aromatic rings. The van der Waals surface area contributed by atoms with Gasteiger partial charge in [-0.05, 0) is 41.5 Å². The van der Waals surface area contributed by atoms with Crippen molar-refractivity contribution in [3.05, 3.63) is 74.7 Å². The number of aryl methyl sites for hydroxylation is 1. The van der Waals surface area contributed by atoms with Gasteiger partial charge >= 0.3 is 10.7 Å². The molecule has 8 heteroatoms. The second-order valence-corrected chi connectivity index (χ2v) is 6.16. The topological polar surface area (TPSA) is 91.1 Å². The Balaban J connectivity index is 1.81. The highest BCUT2D eigenvalue weighted by Crippen LogP contribution is 2.07. The maximum Gasteiger partial charge on any atom is 0.390 e. The van der Waals surface area contributed by atoms with Gasteiger partial charge in [0.1, 0.15) is 4.88 Å². The molecule has 3 aromatic heterocycles. The SMILES string of the molecule is CCc1ccc[n+](-c2[nH]c(=O)sc2C=NNC(=O)c2cccnc2)c1. The van der Waals surface area contributed by atoms with Crippen molar-refractivity contribution in [1.29, 1.82) is 0 Å². The highest BCUT2D eigenvalue weighted by molar-refractivity contribution is 7.11. The Morgan fingerprint density at radius 2 is 2.32 bits per heavy atom. The molecule has 0 aromatic carbocycles. The largest absolute Gasteiger partial charge is 0.390 e. The van der Waals surface area contributed by atoms with Crippen LogP contribution >= 0.6 is 11.3 Å². The lowest BCUT2D eigenvalue weighted by Gasteiger charge is -2.00. The fraction of sp³-hybridized carbons (Fsp3) is 0.118. The zero-order valence-corrected chi connectivity index (χ0v) is 14.3. The van der Waals surface area contributed by atoms with E-state index in [9.17, 15) is 9.59 Å². The minimum Gasteiger partial charge on any atom is -0.267 e. The van der Waals surface area contributed by atoms with E-state index in [-0.39, 0.29) is 10.8 Å².